The van der Waals surface area contributed by atoms with E-state index in [1.807, 2.05) is 45.0 Å². The quantitative estimate of drug-likeness (QED) is 0.244. The minimum atomic E-state index is -1.14. The summed E-state index contributed by atoms with van der Waals surface area (Å²) in [6.45, 7) is 8.94. The number of H-pyrrole nitrogens is 1. The lowest BCUT2D eigenvalue weighted by atomic mass is 9.99. The van der Waals surface area contributed by atoms with Crippen LogP contribution in [-0.2, 0) is 25.6 Å². The van der Waals surface area contributed by atoms with Crippen molar-refractivity contribution in [1.29, 1.82) is 0 Å². The van der Waals surface area contributed by atoms with Crippen LogP contribution in [0.3, 0.4) is 0 Å². The van der Waals surface area contributed by atoms with Gasteiger partial charge in [0.1, 0.15) is 18.1 Å². The molecule has 2 rings (SSSR count). The number of fused-ring (bicyclic) bond motifs is 1. The van der Waals surface area contributed by atoms with Crippen LogP contribution < -0.4 is 21.7 Å². The summed E-state index contributed by atoms with van der Waals surface area (Å²) in [4.78, 5) is 53.4. The molecule has 1 aromatic heterocycles. The van der Waals surface area contributed by atoms with Crippen molar-refractivity contribution in [3.63, 3.8) is 0 Å². The van der Waals surface area contributed by atoms with Crippen LogP contribution in [0.1, 0.15) is 53.0 Å². The molecule has 2 aromatic rings. The molecule has 3 amide bonds. The molecule has 198 valence electrons. The van der Waals surface area contributed by atoms with E-state index in [9.17, 15) is 24.3 Å². The molecule has 0 fully saturated rings. The molecule has 36 heavy (non-hydrogen) atoms. The second kappa shape index (κ2) is 13.1. The van der Waals surface area contributed by atoms with E-state index >= 15 is 0 Å². The van der Waals surface area contributed by atoms with E-state index in [4.69, 9.17) is 5.73 Å². The maximum absolute atomic E-state index is 13.2. The summed E-state index contributed by atoms with van der Waals surface area (Å²) in [7, 11) is 0. The van der Waals surface area contributed by atoms with Crippen LogP contribution in [0.4, 0.5) is 0 Å². The van der Waals surface area contributed by atoms with Gasteiger partial charge in [0, 0.05) is 23.5 Å². The standard InChI is InChI=1S/C26H39N5O5/c1-6-15(4)22(26(35)36)31-23(32)16(5)29-25(34)21(30-24(33)19(27)11-14(2)3)12-17-13-28-20-10-8-7-9-18(17)20/h7-10,13-16,19,21-22,28H,6,11-12,27H2,1-5H3,(H,29,34)(H,30,33)(H,31,32)(H,35,36). The van der Waals surface area contributed by atoms with Gasteiger partial charge in [0.2, 0.25) is 17.7 Å². The minimum Gasteiger partial charge on any atom is -0.480 e. The number of rotatable bonds is 13. The summed E-state index contributed by atoms with van der Waals surface area (Å²) in [5.41, 5.74) is 7.75. The van der Waals surface area contributed by atoms with Crippen molar-refractivity contribution in [3.05, 3.63) is 36.0 Å². The number of nitrogens with one attached hydrogen (secondary N) is 4. The molecule has 0 aliphatic rings. The van der Waals surface area contributed by atoms with Crippen molar-refractivity contribution in [2.75, 3.05) is 0 Å². The number of para-hydroxylation sites is 1. The number of nitrogens with two attached hydrogens (primary N) is 1. The Labute approximate surface area is 211 Å². The van der Waals surface area contributed by atoms with Gasteiger partial charge >= 0.3 is 5.97 Å². The van der Waals surface area contributed by atoms with Gasteiger partial charge in [-0.05, 0) is 36.8 Å². The van der Waals surface area contributed by atoms with Gasteiger partial charge < -0.3 is 31.8 Å². The lowest BCUT2D eigenvalue weighted by molar-refractivity contribution is -0.143. The Hall–Kier alpha value is -3.40. The first-order valence-electron chi connectivity index (χ1n) is 12.4. The van der Waals surface area contributed by atoms with Crippen LogP contribution in [0.5, 0.6) is 0 Å². The molecule has 0 aliphatic heterocycles. The molecule has 1 aromatic carbocycles. The number of carboxylic acids is 1. The minimum absolute atomic E-state index is 0.176. The predicted octanol–water partition coefficient (Wildman–Crippen LogP) is 1.69. The second-order valence-corrected chi connectivity index (χ2v) is 9.80. The fourth-order valence-electron chi connectivity index (χ4n) is 3.96. The lowest BCUT2D eigenvalue weighted by Gasteiger charge is -2.25. The van der Waals surface area contributed by atoms with E-state index < -0.39 is 47.9 Å². The van der Waals surface area contributed by atoms with Gasteiger partial charge in [-0.2, -0.15) is 0 Å². The highest BCUT2D eigenvalue weighted by Crippen LogP contribution is 2.19. The van der Waals surface area contributed by atoms with Crippen LogP contribution in [0.2, 0.25) is 0 Å². The Morgan fingerprint density at radius 2 is 1.64 bits per heavy atom. The number of hydrogen-bond acceptors (Lipinski definition) is 5. The number of amides is 3. The Bertz CT molecular complexity index is 1070. The van der Waals surface area contributed by atoms with Crippen LogP contribution in [-0.4, -0.2) is 57.9 Å². The summed E-state index contributed by atoms with van der Waals surface area (Å²) in [6.07, 6.45) is 2.98. The fourth-order valence-corrected chi connectivity index (χ4v) is 3.96. The van der Waals surface area contributed by atoms with Gasteiger partial charge in [0.25, 0.3) is 0 Å². The third-order valence-corrected chi connectivity index (χ3v) is 6.32. The molecule has 7 N–H and O–H groups in total. The Morgan fingerprint density at radius 1 is 0.972 bits per heavy atom. The zero-order valence-electron chi connectivity index (χ0n) is 21.6. The average molecular weight is 502 g/mol. The van der Waals surface area contributed by atoms with Crippen molar-refractivity contribution in [3.8, 4) is 0 Å². The molecular formula is C26H39N5O5. The van der Waals surface area contributed by atoms with Gasteiger partial charge in [-0.15, -0.1) is 0 Å². The third kappa shape index (κ3) is 7.81. The van der Waals surface area contributed by atoms with Crippen molar-refractivity contribution in [2.24, 2.45) is 17.6 Å². The summed E-state index contributed by atoms with van der Waals surface area (Å²) >= 11 is 0. The molecule has 5 unspecified atom stereocenters. The van der Waals surface area contributed by atoms with Gasteiger partial charge in [0.05, 0.1) is 6.04 Å². The molecular weight excluding hydrogens is 462 g/mol. The summed E-state index contributed by atoms with van der Waals surface area (Å²) < 4.78 is 0. The number of carbonyl (C=O) groups is 4. The fraction of sp³-hybridized carbons (Fsp3) is 0.538. The summed E-state index contributed by atoms with van der Waals surface area (Å²) in [6, 6.07) is 3.74. The van der Waals surface area contributed by atoms with Gasteiger partial charge in [-0.1, -0.05) is 52.3 Å². The predicted molar refractivity (Wildman–Crippen MR) is 138 cm³/mol. The number of carbonyl (C=O) groups excluding carboxylic acids is 3. The molecule has 0 saturated heterocycles. The Balaban J connectivity index is 2.19. The molecule has 10 heteroatoms. The Morgan fingerprint density at radius 3 is 2.25 bits per heavy atom. The molecule has 5 atom stereocenters. The molecule has 10 nitrogen and oxygen atoms in total. The van der Waals surface area contributed by atoms with E-state index in [-0.39, 0.29) is 18.3 Å². The molecule has 0 aliphatic carbocycles. The first-order chi connectivity index (χ1) is 16.9. The zero-order chi connectivity index (χ0) is 27.0. The van der Waals surface area contributed by atoms with Crippen LogP contribution in [0.25, 0.3) is 10.9 Å². The highest BCUT2D eigenvalue weighted by atomic mass is 16.4. The maximum Gasteiger partial charge on any atom is 0.326 e. The molecule has 0 radical (unpaired) electrons. The molecule has 0 spiro atoms. The average Bonchev–Trinajstić information content (AvgIpc) is 3.23. The largest absolute Gasteiger partial charge is 0.480 e. The summed E-state index contributed by atoms with van der Waals surface area (Å²) in [5.74, 6) is -2.87. The van der Waals surface area contributed by atoms with Crippen molar-refractivity contribution >= 4 is 34.6 Å². The summed E-state index contributed by atoms with van der Waals surface area (Å²) in [5, 5.41) is 18.2. The van der Waals surface area contributed by atoms with E-state index in [0.717, 1.165) is 16.5 Å². The highest BCUT2D eigenvalue weighted by Gasteiger charge is 2.30. The van der Waals surface area contributed by atoms with Crippen LogP contribution in [0.15, 0.2) is 30.5 Å². The number of carboxylic acid groups (broad SMARTS) is 1. The van der Waals surface area contributed by atoms with Crippen molar-refractivity contribution < 1.29 is 24.3 Å². The molecule has 0 saturated carbocycles. The number of aliphatic carboxylic acids is 1. The SMILES string of the molecule is CCC(C)C(NC(=O)C(C)NC(=O)C(Cc1c[nH]c2ccccc12)NC(=O)C(N)CC(C)C)C(=O)O. The first kappa shape index (κ1) is 28.8. The monoisotopic (exact) mass is 501 g/mol. The van der Waals surface area contributed by atoms with E-state index in [2.05, 4.69) is 20.9 Å². The van der Waals surface area contributed by atoms with Crippen LogP contribution in [0, 0.1) is 11.8 Å². The van der Waals surface area contributed by atoms with Gasteiger partial charge in [0.15, 0.2) is 0 Å². The second-order valence-electron chi connectivity index (χ2n) is 9.80. The van der Waals surface area contributed by atoms with Crippen molar-refractivity contribution in [2.45, 2.75) is 78.0 Å². The van der Waals surface area contributed by atoms with E-state index in [1.165, 1.54) is 6.92 Å². The maximum atomic E-state index is 13.2. The van der Waals surface area contributed by atoms with E-state index in [0.29, 0.717) is 12.8 Å². The number of benzene rings is 1. The lowest BCUT2D eigenvalue weighted by Crippen LogP contribution is -2.57. The normalized spacial score (nSPS) is 15.5. The zero-order valence-corrected chi connectivity index (χ0v) is 21.6. The smallest absolute Gasteiger partial charge is 0.326 e. The van der Waals surface area contributed by atoms with Crippen molar-refractivity contribution in [1.82, 2.24) is 20.9 Å². The number of aromatic nitrogens is 1. The topological polar surface area (TPSA) is 166 Å². The first-order valence-corrected chi connectivity index (χ1v) is 12.4. The Kier molecular flexibility index (Phi) is 10.5. The molecule has 0 bridgehead atoms. The molecule has 1 heterocycles. The third-order valence-electron chi connectivity index (χ3n) is 6.32. The van der Waals surface area contributed by atoms with E-state index in [1.54, 1.807) is 13.1 Å². The number of hydrogen-bond donors (Lipinski definition) is 6. The number of aromatic amines is 1. The van der Waals surface area contributed by atoms with Gasteiger partial charge in [-0.25, -0.2) is 4.79 Å². The highest BCUT2D eigenvalue weighted by molar-refractivity contribution is 5.94. The van der Waals surface area contributed by atoms with Gasteiger partial charge in [-0.3, -0.25) is 14.4 Å². The van der Waals surface area contributed by atoms with Crippen LogP contribution >= 0.6 is 0 Å².